The van der Waals surface area contributed by atoms with E-state index in [1.807, 2.05) is 0 Å². The summed E-state index contributed by atoms with van der Waals surface area (Å²) in [6.45, 7) is 0. The van der Waals surface area contributed by atoms with Gasteiger partial charge in [-0.15, -0.1) is 22.7 Å². The summed E-state index contributed by atoms with van der Waals surface area (Å²) in [4.78, 5) is 18.5. The van der Waals surface area contributed by atoms with Crippen molar-refractivity contribution in [2.45, 2.75) is 0 Å². The normalized spacial score (nSPS) is 16.9. The van der Waals surface area contributed by atoms with Crippen molar-refractivity contribution in [3.05, 3.63) is 91.0 Å². The summed E-state index contributed by atoms with van der Waals surface area (Å²) in [5, 5.41) is 22.4. The molecule has 17 heteroatoms. The molecule has 41 heavy (non-hydrogen) atoms. The molecule has 8 nitrogen and oxygen atoms in total. The molecule has 0 aromatic carbocycles. The van der Waals surface area contributed by atoms with Crippen LogP contribution in [0.5, 0.6) is 11.5 Å². The Bertz CT molecular complexity index is 1780. The maximum atomic E-state index is 15.0. The standard InChI is InChI=1S/C24H13B2BrF4N6O2S2/c27-16-8-7-15(41-16)20-18-17(23(37(20)26(30)31)34-21-12(38)4-1-9-32-21)19(14-6-3-11-40-14)36(25(28)29)24(18)35-22-13(39)5-2-10-33-22/h1-11,38-39H/b34-23-,35-24-. The van der Waals surface area contributed by atoms with Gasteiger partial charge in [-0.05, 0) is 63.8 Å². The van der Waals surface area contributed by atoms with Gasteiger partial charge in [0.2, 0.25) is 0 Å². The summed E-state index contributed by atoms with van der Waals surface area (Å²) in [6.07, 6.45) is 2.63. The van der Waals surface area contributed by atoms with E-state index in [1.165, 1.54) is 36.7 Å². The van der Waals surface area contributed by atoms with Gasteiger partial charge in [0.15, 0.2) is 23.1 Å². The first-order chi connectivity index (χ1) is 19.8. The van der Waals surface area contributed by atoms with Gasteiger partial charge in [-0.3, -0.25) is 17.3 Å². The van der Waals surface area contributed by atoms with Crippen molar-refractivity contribution < 1.29 is 27.5 Å². The van der Waals surface area contributed by atoms with Crippen molar-refractivity contribution in [2.24, 2.45) is 9.98 Å². The van der Waals surface area contributed by atoms with E-state index in [1.54, 1.807) is 29.6 Å². The highest BCUT2D eigenvalue weighted by Gasteiger charge is 2.54. The van der Waals surface area contributed by atoms with Gasteiger partial charge < -0.3 is 19.8 Å². The van der Waals surface area contributed by atoms with Crippen molar-refractivity contribution in [3.8, 4) is 11.5 Å². The zero-order chi connectivity index (χ0) is 28.8. The van der Waals surface area contributed by atoms with Crippen LogP contribution in [0.3, 0.4) is 0 Å². The van der Waals surface area contributed by atoms with Gasteiger partial charge in [0.05, 0.1) is 36.1 Å². The minimum absolute atomic E-state index is 0.0632. The zero-order valence-electron chi connectivity index (χ0n) is 20.3. The van der Waals surface area contributed by atoms with E-state index in [9.17, 15) is 10.2 Å². The van der Waals surface area contributed by atoms with Crippen LogP contribution < -0.4 is 0 Å². The molecule has 0 saturated heterocycles. The summed E-state index contributed by atoms with van der Waals surface area (Å²) in [7, 11) is -6.36. The van der Waals surface area contributed by atoms with E-state index in [0.29, 0.717) is 23.2 Å². The molecule has 2 aliphatic rings. The third-order valence-corrected chi connectivity index (χ3v) is 8.52. The van der Waals surface area contributed by atoms with Crippen LogP contribution in [0, 0.1) is 0 Å². The molecule has 0 amide bonds. The van der Waals surface area contributed by atoms with Gasteiger partial charge in [0.25, 0.3) is 0 Å². The molecule has 4 aromatic heterocycles. The second kappa shape index (κ2) is 10.8. The largest absolute Gasteiger partial charge is 0.679 e. The number of hydrogen-bond acceptors (Lipinski definition) is 8. The van der Waals surface area contributed by atoms with Crippen molar-refractivity contribution in [2.75, 3.05) is 0 Å². The summed E-state index contributed by atoms with van der Waals surface area (Å²) in [5.74, 6) is -2.17. The lowest BCUT2D eigenvalue weighted by molar-refractivity contribution is 0.474. The Morgan fingerprint density at radius 1 is 0.732 bits per heavy atom. The fraction of sp³-hybridized carbons (Fsp3) is 0. The Labute approximate surface area is 246 Å². The van der Waals surface area contributed by atoms with Gasteiger partial charge in [-0.2, -0.15) is 0 Å². The molecule has 6 heterocycles. The first-order valence-electron chi connectivity index (χ1n) is 11.7. The number of fused-ring (bicyclic) bond motifs is 1. The average Bonchev–Trinajstić information content (AvgIpc) is 3.71. The fourth-order valence-electron chi connectivity index (χ4n) is 4.45. The number of amidine groups is 2. The predicted molar refractivity (Wildman–Crippen MR) is 156 cm³/mol. The van der Waals surface area contributed by atoms with Gasteiger partial charge in [-0.1, -0.05) is 6.07 Å². The molecule has 2 N–H and O–H groups in total. The second-order valence-corrected chi connectivity index (χ2v) is 11.8. The van der Waals surface area contributed by atoms with Gasteiger partial charge in [-0.25, -0.2) is 20.0 Å². The van der Waals surface area contributed by atoms with Crippen LogP contribution in [0.4, 0.5) is 28.9 Å². The topological polar surface area (TPSA) is 97.4 Å². The molecule has 0 fully saturated rings. The Kier molecular flexibility index (Phi) is 7.17. The lowest BCUT2D eigenvalue weighted by atomic mass is 10.1. The first kappa shape index (κ1) is 27.2. The highest BCUT2D eigenvalue weighted by atomic mass is 79.9. The van der Waals surface area contributed by atoms with E-state index < -0.39 is 38.0 Å². The number of halogens is 5. The maximum Gasteiger partial charge on any atom is 0.679 e. The predicted octanol–water partition coefficient (Wildman–Crippen LogP) is 6.84. The van der Waals surface area contributed by atoms with Crippen LogP contribution in [0.1, 0.15) is 9.75 Å². The summed E-state index contributed by atoms with van der Waals surface area (Å²) in [6, 6.07) is 11.9. The Morgan fingerprint density at radius 3 is 1.68 bits per heavy atom. The minimum atomic E-state index is -3.19. The molecular formula is C24H13B2BrF4N6O2S2. The molecular weight excluding hydrogens is 646 g/mol. The van der Waals surface area contributed by atoms with E-state index in [2.05, 4.69) is 35.9 Å². The number of nitrogens with zero attached hydrogens (tertiary/aromatic N) is 6. The molecule has 6 rings (SSSR count). The number of aliphatic imine (C=N–C) groups is 2. The molecule has 2 aliphatic heterocycles. The molecule has 0 radical (unpaired) electrons. The summed E-state index contributed by atoms with van der Waals surface area (Å²) >= 11 is 5.57. The molecule has 0 spiro atoms. The van der Waals surface area contributed by atoms with Gasteiger partial charge in [0.1, 0.15) is 11.7 Å². The van der Waals surface area contributed by atoms with Crippen LogP contribution in [-0.2, 0) is 0 Å². The van der Waals surface area contributed by atoms with Crippen LogP contribution in [0.15, 0.2) is 91.2 Å². The van der Waals surface area contributed by atoms with E-state index in [-0.39, 0.29) is 34.2 Å². The highest BCUT2D eigenvalue weighted by molar-refractivity contribution is 9.11. The average molecular weight is 659 g/mol. The molecule has 0 bridgehead atoms. The maximum absolute atomic E-state index is 15.0. The number of rotatable bonds is 6. The zero-order valence-corrected chi connectivity index (χ0v) is 23.5. The second-order valence-electron chi connectivity index (χ2n) is 8.39. The van der Waals surface area contributed by atoms with Gasteiger partial charge >= 0.3 is 14.8 Å². The number of aromatic hydroxyl groups is 2. The van der Waals surface area contributed by atoms with Crippen LogP contribution in [0.2, 0.25) is 0 Å². The number of aromatic nitrogens is 2. The van der Waals surface area contributed by atoms with Crippen molar-refractivity contribution in [1.82, 2.24) is 19.6 Å². The van der Waals surface area contributed by atoms with E-state index in [0.717, 1.165) is 22.7 Å². The summed E-state index contributed by atoms with van der Waals surface area (Å²) < 4.78 is 60.7. The van der Waals surface area contributed by atoms with Crippen LogP contribution >= 0.6 is 38.6 Å². The minimum Gasteiger partial charge on any atom is -0.504 e. The lowest BCUT2D eigenvalue weighted by Gasteiger charge is -2.25. The molecule has 204 valence electrons. The molecule has 0 atom stereocenters. The smallest absolute Gasteiger partial charge is 0.504 e. The van der Waals surface area contributed by atoms with Gasteiger partial charge in [0, 0.05) is 12.4 Å². The van der Waals surface area contributed by atoms with E-state index >= 15 is 17.3 Å². The Balaban J connectivity index is 1.76. The quantitative estimate of drug-likeness (QED) is 0.174. The number of thiophene rings is 2. The number of pyridine rings is 2. The van der Waals surface area contributed by atoms with Crippen molar-refractivity contribution >= 4 is 88.1 Å². The van der Waals surface area contributed by atoms with Crippen LogP contribution in [-0.4, -0.2) is 56.3 Å². The SMILES string of the molecule is Oc1cccnc1/N=C1/C2=C(c3ccc(Br)s3)N(B(F)F)/C(=N\c3ncccc3O)C2=C(c2cccs2)N1B(F)F. The third kappa shape index (κ3) is 4.73. The monoisotopic (exact) mass is 658 g/mol. The van der Waals surface area contributed by atoms with E-state index in [4.69, 9.17) is 0 Å². The summed E-state index contributed by atoms with van der Waals surface area (Å²) in [5.41, 5.74) is -0.384. The molecule has 4 aromatic rings. The first-order valence-corrected chi connectivity index (χ1v) is 14.1. The molecule has 0 unspecified atom stereocenters. The molecule has 0 saturated carbocycles. The lowest BCUT2D eigenvalue weighted by Crippen LogP contribution is -2.38. The Hall–Kier alpha value is -3.95. The van der Waals surface area contributed by atoms with Crippen molar-refractivity contribution in [1.29, 1.82) is 0 Å². The highest BCUT2D eigenvalue weighted by Crippen LogP contribution is 2.51. The number of hydrogen-bond donors (Lipinski definition) is 2. The Morgan fingerprint density at radius 2 is 1.27 bits per heavy atom. The van der Waals surface area contributed by atoms with Crippen LogP contribution in [0.25, 0.3) is 11.4 Å². The molecule has 0 aliphatic carbocycles. The van der Waals surface area contributed by atoms with Crippen molar-refractivity contribution in [3.63, 3.8) is 0 Å². The fourth-order valence-corrected chi connectivity index (χ4v) is 6.66. The third-order valence-electron chi connectivity index (χ3n) is 6.02.